The van der Waals surface area contributed by atoms with Crippen LogP contribution in [0.3, 0.4) is 0 Å². The SMILES string of the molecule is CCCCCC1CCC(c2c(F)cc(C)c(Oc3c(F)cccc3-c3ccc(OC(F)(F)F)c(F)c3)c2F)CC1. The minimum absolute atomic E-state index is 0.0247. The van der Waals surface area contributed by atoms with Crippen LogP contribution in [-0.4, -0.2) is 6.36 Å². The molecule has 0 radical (unpaired) electrons. The minimum Gasteiger partial charge on any atom is -0.450 e. The molecule has 3 aromatic rings. The molecule has 9 heteroatoms. The summed E-state index contributed by atoms with van der Waals surface area (Å²) >= 11 is 0. The van der Waals surface area contributed by atoms with Gasteiger partial charge in [0.25, 0.3) is 0 Å². The van der Waals surface area contributed by atoms with E-state index in [9.17, 15) is 17.6 Å². The summed E-state index contributed by atoms with van der Waals surface area (Å²) in [4.78, 5) is 0. The molecule has 1 fully saturated rings. The summed E-state index contributed by atoms with van der Waals surface area (Å²) in [5, 5.41) is 0. The first-order valence-electron chi connectivity index (χ1n) is 13.5. The molecule has 40 heavy (non-hydrogen) atoms. The molecular formula is C31H31F7O2. The van der Waals surface area contributed by atoms with Gasteiger partial charge in [0.1, 0.15) is 5.82 Å². The second kappa shape index (κ2) is 12.5. The van der Waals surface area contributed by atoms with Crippen LogP contribution >= 0.6 is 0 Å². The highest BCUT2D eigenvalue weighted by atomic mass is 19.4. The lowest BCUT2D eigenvalue weighted by Crippen LogP contribution is -2.17. The van der Waals surface area contributed by atoms with Crippen LogP contribution in [0.15, 0.2) is 42.5 Å². The quantitative estimate of drug-likeness (QED) is 0.189. The van der Waals surface area contributed by atoms with Gasteiger partial charge in [0, 0.05) is 11.1 Å². The van der Waals surface area contributed by atoms with E-state index in [1.165, 1.54) is 19.1 Å². The van der Waals surface area contributed by atoms with Crippen molar-refractivity contribution >= 4 is 0 Å². The summed E-state index contributed by atoms with van der Waals surface area (Å²) in [6.07, 6.45) is 2.44. The zero-order valence-corrected chi connectivity index (χ0v) is 22.3. The minimum atomic E-state index is -5.10. The fraction of sp³-hybridized carbons (Fsp3) is 0.419. The highest BCUT2D eigenvalue weighted by Crippen LogP contribution is 2.44. The molecule has 0 aliphatic heterocycles. The van der Waals surface area contributed by atoms with Gasteiger partial charge in [-0.2, -0.15) is 0 Å². The Morgan fingerprint density at radius 3 is 2.20 bits per heavy atom. The molecule has 0 amide bonds. The van der Waals surface area contributed by atoms with Gasteiger partial charge in [0.15, 0.2) is 34.7 Å². The second-order valence-corrected chi connectivity index (χ2v) is 10.4. The maximum absolute atomic E-state index is 15.9. The number of para-hydroxylation sites is 1. The number of aryl methyl sites for hydroxylation is 1. The summed E-state index contributed by atoms with van der Waals surface area (Å²) in [6, 6.07) is 7.46. The van der Waals surface area contributed by atoms with Crippen LogP contribution in [0, 0.1) is 36.1 Å². The molecule has 1 aliphatic rings. The fourth-order valence-electron chi connectivity index (χ4n) is 5.47. The maximum Gasteiger partial charge on any atom is 0.573 e. The molecule has 4 rings (SSSR count). The Balaban J connectivity index is 1.63. The van der Waals surface area contributed by atoms with Crippen molar-refractivity contribution in [2.45, 2.75) is 77.5 Å². The van der Waals surface area contributed by atoms with E-state index < -0.39 is 41.1 Å². The third kappa shape index (κ3) is 6.91. The number of alkyl halides is 3. The van der Waals surface area contributed by atoms with Gasteiger partial charge in [-0.3, -0.25) is 0 Å². The van der Waals surface area contributed by atoms with Crippen LogP contribution in [-0.2, 0) is 0 Å². The molecule has 3 aromatic carbocycles. The summed E-state index contributed by atoms with van der Waals surface area (Å²) in [6.45, 7) is 3.57. The van der Waals surface area contributed by atoms with Crippen molar-refractivity contribution in [2.75, 3.05) is 0 Å². The van der Waals surface area contributed by atoms with E-state index in [-0.39, 0.29) is 33.9 Å². The molecule has 0 atom stereocenters. The molecule has 1 aliphatic carbocycles. The average molecular weight is 569 g/mol. The van der Waals surface area contributed by atoms with Gasteiger partial charge in [-0.05, 0) is 79.8 Å². The molecule has 0 bridgehead atoms. The normalized spacial score (nSPS) is 17.6. The van der Waals surface area contributed by atoms with E-state index in [1.54, 1.807) is 0 Å². The van der Waals surface area contributed by atoms with Crippen LogP contribution in [0.5, 0.6) is 17.2 Å². The highest BCUT2D eigenvalue weighted by molar-refractivity contribution is 5.72. The highest BCUT2D eigenvalue weighted by Gasteiger charge is 2.33. The number of rotatable bonds is 9. The first kappa shape index (κ1) is 29.7. The Labute approximate surface area is 229 Å². The predicted octanol–water partition coefficient (Wildman–Crippen LogP) is 10.8. The van der Waals surface area contributed by atoms with Crippen molar-refractivity contribution in [1.29, 1.82) is 0 Å². The van der Waals surface area contributed by atoms with E-state index in [2.05, 4.69) is 11.7 Å². The summed E-state index contributed by atoms with van der Waals surface area (Å²) in [5.41, 5.74) is -0.0514. The Bertz CT molecular complexity index is 1330. The average Bonchev–Trinajstić information content (AvgIpc) is 2.88. The largest absolute Gasteiger partial charge is 0.573 e. The van der Waals surface area contributed by atoms with Crippen LogP contribution in [0.2, 0.25) is 0 Å². The number of ether oxygens (including phenoxy) is 2. The summed E-state index contributed by atoms with van der Waals surface area (Å²) in [7, 11) is 0. The van der Waals surface area contributed by atoms with Gasteiger partial charge in [-0.1, -0.05) is 50.8 Å². The molecule has 0 N–H and O–H groups in total. The monoisotopic (exact) mass is 568 g/mol. The number of benzene rings is 3. The zero-order chi connectivity index (χ0) is 29.0. The molecule has 0 heterocycles. The van der Waals surface area contributed by atoms with Crippen LogP contribution in [0.4, 0.5) is 30.7 Å². The van der Waals surface area contributed by atoms with Crippen molar-refractivity contribution in [1.82, 2.24) is 0 Å². The van der Waals surface area contributed by atoms with Crippen molar-refractivity contribution in [2.24, 2.45) is 5.92 Å². The first-order valence-corrected chi connectivity index (χ1v) is 13.5. The third-order valence-corrected chi connectivity index (χ3v) is 7.51. The number of hydrogen-bond donors (Lipinski definition) is 0. The van der Waals surface area contributed by atoms with Crippen molar-refractivity contribution in [3.05, 3.63) is 76.9 Å². The maximum atomic E-state index is 15.9. The topological polar surface area (TPSA) is 18.5 Å². The van der Waals surface area contributed by atoms with Gasteiger partial charge in [0.05, 0.1) is 0 Å². The van der Waals surface area contributed by atoms with Crippen molar-refractivity contribution in [3.63, 3.8) is 0 Å². The predicted molar refractivity (Wildman–Crippen MR) is 138 cm³/mol. The van der Waals surface area contributed by atoms with Gasteiger partial charge >= 0.3 is 6.36 Å². The number of hydrogen-bond acceptors (Lipinski definition) is 2. The van der Waals surface area contributed by atoms with Gasteiger partial charge in [-0.15, -0.1) is 13.2 Å². The molecule has 2 nitrogen and oxygen atoms in total. The van der Waals surface area contributed by atoms with Gasteiger partial charge < -0.3 is 9.47 Å². The molecule has 0 aromatic heterocycles. The van der Waals surface area contributed by atoms with Gasteiger partial charge in [-0.25, -0.2) is 17.6 Å². The third-order valence-electron chi connectivity index (χ3n) is 7.51. The van der Waals surface area contributed by atoms with E-state index in [4.69, 9.17) is 4.74 Å². The van der Waals surface area contributed by atoms with Crippen LogP contribution in [0.25, 0.3) is 11.1 Å². The van der Waals surface area contributed by atoms with E-state index in [0.29, 0.717) is 18.8 Å². The molecule has 0 unspecified atom stereocenters. The van der Waals surface area contributed by atoms with Gasteiger partial charge in [0.2, 0.25) is 0 Å². The Kier molecular flexibility index (Phi) is 9.31. The Morgan fingerprint density at radius 1 is 0.825 bits per heavy atom. The first-order chi connectivity index (χ1) is 19.0. The molecule has 1 saturated carbocycles. The fourth-order valence-corrected chi connectivity index (χ4v) is 5.47. The Hall–Kier alpha value is -3.23. The van der Waals surface area contributed by atoms with Crippen molar-refractivity contribution in [3.8, 4) is 28.4 Å². The lowest BCUT2D eigenvalue weighted by molar-refractivity contribution is -0.275. The summed E-state index contributed by atoms with van der Waals surface area (Å²) in [5.74, 6) is -5.54. The smallest absolute Gasteiger partial charge is 0.450 e. The number of unbranched alkanes of at least 4 members (excludes halogenated alkanes) is 2. The summed E-state index contributed by atoms with van der Waals surface area (Å²) < 4.78 is 107. The molecular weight excluding hydrogens is 537 g/mol. The van der Waals surface area contributed by atoms with E-state index in [0.717, 1.165) is 68.9 Å². The zero-order valence-electron chi connectivity index (χ0n) is 22.3. The number of halogens is 7. The molecule has 216 valence electrons. The lowest BCUT2D eigenvalue weighted by Gasteiger charge is -2.30. The lowest BCUT2D eigenvalue weighted by atomic mass is 9.76. The van der Waals surface area contributed by atoms with Crippen LogP contribution < -0.4 is 9.47 Å². The second-order valence-electron chi connectivity index (χ2n) is 10.4. The van der Waals surface area contributed by atoms with Crippen LogP contribution in [0.1, 0.15) is 75.3 Å². The molecule has 0 spiro atoms. The Morgan fingerprint density at radius 2 is 1.55 bits per heavy atom. The molecule has 0 saturated heterocycles. The van der Waals surface area contributed by atoms with E-state index in [1.807, 2.05) is 0 Å². The van der Waals surface area contributed by atoms with Crippen molar-refractivity contribution < 1.29 is 40.2 Å². The van der Waals surface area contributed by atoms with E-state index >= 15 is 13.2 Å². The standard InChI is InChI=1S/C31H31F7O2/c1-3-4-5-7-19-10-12-20(13-11-19)27-25(34)16-18(2)29(28(27)35)39-30-22(8-6-9-23(30)32)21-14-15-26(24(33)17-21)40-31(36,37)38/h6,8-9,14-17,19-20H,3-5,7,10-13H2,1-2H3.